The number of nitrogens with zero attached hydrogens (tertiary/aromatic N) is 2. The van der Waals surface area contributed by atoms with Gasteiger partial charge >= 0.3 is 12.3 Å². The van der Waals surface area contributed by atoms with Gasteiger partial charge in [0.2, 0.25) is 5.91 Å². The average molecular weight is 661 g/mol. The zero-order valence-corrected chi connectivity index (χ0v) is 25.9. The first-order chi connectivity index (χ1) is 22.1. The summed E-state index contributed by atoms with van der Waals surface area (Å²) in [6.45, 7) is 3.31. The average Bonchev–Trinajstić information content (AvgIpc) is 3.36. The van der Waals surface area contributed by atoms with Gasteiger partial charge in [0.25, 0.3) is 11.6 Å². The Balaban J connectivity index is 1.71. The lowest BCUT2D eigenvalue weighted by atomic mass is 9.90. The molecular formula is C32H32F4N4O7. The number of rotatable bonds is 12. The van der Waals surface area contributed by atoms with E-state index in [-0.39, 0.29) is 41.7 Å². The summed E-state index contributed by atoms with van der Waals surface area (Å²) in [4.78, 5) is 49.6. The molecule has 0 bridgehead atoms. The van der Waals surface area contributed by atoms with E-state index < -0.39 is 52.9 Å². The molecule has 2 amide bonds. The van der Waals surface area contributed by atoms with Gasteiger partial charge in [0.1, 0.15) is 17.6 Å². The summed E-state index contributed by atoms with van der Waals surface area (Å²) in [6.07, 6.45) is -4.43. The highest BCUT2D eigenvalue weighted by molar-refractivity contribution is 5.99. The van der Waals surface area contributed by atoms with Gasteiger partial charge in [-0.25, -0.2) is 4.39 Å². The smallest absolute Gasteiger partial charge is 0.469 e. The molecule has 1 heterocycles. The molecule has 0 saturated carbocycles. The van der Waals surface area contributed by atoms with Crippen molar-refractivity contribution in [3.05, 3.63) is 97.8 Å². The summed E-state index contributed by atoms with van der Waals surface area (Å²) in [6, 6.07) is 8.73. The molecule has 11 nitrogen and oxygen atoms in total. The van der Waals surface area contributed by atoms with Crippen molar-refractivity contribution in [2.75, 3.05) is 19.5 Å². The van der Waals surface area contributed by atoms with E-state index in [1.807, 2.05) is 6.92 Å². The molecule has 2 N–H and O–H groups in total. The minimum Gasteiger partial charge on any atom is -0.469 e. The third-order valence-corrected chi connectivity index (χ3v) is 7.86. The van der Waals surface area contributed by atoms with Crippen LogP contribution in [0.4, 0.5) is 28.9 Å². The molecule has 47 heavy (non-hydrogen) atoms. The van der Waals surface area contributed by atoms with E-state index in [4.69, 9.17) is 4.74 Å². The van der Waals surface area contributed by atoms with Crippen LogP contribution in [0.15, 0.2) is 48.5 Å². The molecule has 0 aromatic heterocycles. The second-order valence-corrected chi connectivity index (χ2v) is 11.2. The highest BCUT2D eigenvalue weighted by atomic mass is 19.4. The Labute approximate surface area is 267 Å². The molecular weight excluding hydrogens is 628 g/mol. The Hall–Kier alpha value is -5.21. The molecule has 0 aliphatic carbocycles. The van der Waals surface area contributed by atoms with Crippen molar-refractivity contribution in [2.24, 2.45) is 0 Å². The van der Waals surface area contributed by atoms with Gasteiger partial charge in [0.15, 0.2) is 0 Å². The number of non-ortho nitro benzene ring substituents is 1. The number of ether oxygens (including phenoxy) is 2. The molecule has 3 aromatic carbocycles. The van der Waals surface area contributed by atoms with Gasteiger partial charge in [-0.05, 0) is 59.7 Å². The normalized spacial score (nSPS) is 13.7. The first-order valence-electron chi connectivity index (χ1n) is 14.4. The number of halogens is 4. The number of amides is 2. The third kappa shape index (κ3) is 8.34. The maximum atomic E-state index is 15.3. The van der Waals surface area contributed by atoms with Crippen LogP contribution in [-0.4, -0.2) is 48.1 Å². The van der Waals surface area contributed by atoms with Crippen molar-refractivity contribution in [3.63, 3.8) is 0 Å². The first-order valence-corrected chi connectivity index (χ1v) is 14.4. The molecule has 1 unspecified atom stereocenters. The molecule has 4 rings (SSSR count). The quantitative estimate of drug-likeness (QED) is 0.104. The molecule has 1 aliphatic heterocycles. The van der Waals surface area contributed by atoms with Gasteiger partial charge in [-0.1, -0.05) is 25.1 Å². The molecule has 250 valence electrons. The van der Waals surface area contributed by atoms with Crippen molar-refractivity contribution in [1.29, 1.82) is 0 Å². The number of nitrogens with one attached hydrogen (secondary N) is 2. The van der Waals surface area contributed by atoms with Gasteiger partial charge in [-0.15, -0.1) is 13.2 Å². The van der Waals surface area contributed by atoms with E-state index in [2.05, 4.69) is 15.4 Å². The molecule has 3 aromatic rings. The molecule has 0 spiro atoms. The molecule has 0 radical (unpaired) electrons. The number of carbonyl (C=O) groups is 3. The number of nitro groups is 1. The highest BCUT2D eigenvalue weighted by Crippen LogP contribution is 2.34. The van der Waals surface area contributed by atoms with Gasteiger partial charge in [-0.2, -0.15) is 0 Å². The number of likely N-dealkylation sites (N-methyl/N-ethyl adjacent to an activating group) is 1. The summed E-state index contributed by atoms with van der Waals surface area (Å²) in [5, 5.41) is 16.8. The largest absolute Gasteiger partial charge is 0.573 e. The number of aryl methyl sites for hydroxylation is 1. The molecule has 0 saturated heterocycles. The molecule has 0 fully saturated rings. The van der Waals surface area contributed by atoms with Crippen LogP contribution in [0.3, 0.4) is 0 Å². The van der Waals surface area contributed by atoms with Crippen LogP contribution in [0.1, 0.15) is 69.9 Å². The Morgan fingerprint density at radius 1 is 1.15 bits per heavy atom. The van der Waals surface area contributed by atoms with Crippen LogP contribution < -0.4 is 15.4 Å². The SMILES string of the molecule is COC(=O)CC[C@H](C)c1ccc(C(Nc2cc3c(cc2F)CNC3=O)C(=O)N(C)Cc2cc([N+](=O)[O-])ccc2OC(F)(F)F)cc1C. The van der Waals surface area contributed by atoms with Crippen molar-refractivity contribution < 1.29 is 46.3 Å². The van der Waals surface area contributed by atoms with E-state index >= 15 is 4.39 Å². The van der Waals surface area contributed by atoms with E-state index in [9.17, 15) is 37.7 Å². The Bertz CT molecular complexity index is 1710. The van der Waals surface area contributed by atoms with Crippen LogP contribution in [0.2, 0.25) is 0 Å². The van der Waals surface area contributed by atoms with Crippen LogP contribution in [0, 0.1) is 22.9 Å². The summed E-state index contributed by atoms with van der Waals surface area (Å²) in [5.41, 5.74) is 1.65. The summed E-state index contributed by atoms with van der Waals surface area (Å²) < 4.78 is 63.4. The van der Waals surface area contributed by atoms with Crippen LogP contribution in [0.25, 0.3) is 0 Å². The third-order valence-electron chi connectivity index (χ3n) is 7.86. The molecule has 2 atom stereocenters. The number of fused-ring (bicyclic) bond motifs is 1. The maximum absolute atomic E-state index is 15.3. The van der Waals surface area contributed by atoms with Crippen molar-refractivity contribution in [3.8, 4) is 5.75 Å². The summed E-state index contributed by atoms with van der Waals surface area (Å²) >= 11 is 0. The van der Waals surface area contributed by atoms with Crippen molar-refractivity contribution >= 4 is 29.2 Å². The number of nitro benzene ring substituents is 1. The van der Waals surface area contributed by atoms with Gasteiger partial charge in [0.05, 0.1) is 17.7 Å². The summed E-state index contributed by atoms with van der Waals surface area (Å²) in [5.74, 6) is -3.06. The van der Waals surface area contributed by atoms with Crippen molar-refractivity contribution in [2.45, 2.75) is 58.1 Å². The zero-order chi connectivity index (χ0) is 34.6. The fourth-order valence-corrected chi connectivity index (χ4v) is 5.40. The molecule has 15 heteroatoms. The number of benzene rings is 3. The van der Waals surface area contributed by atoms with Gasteiger partial charge < -0.3 is 25.0 Å². The van der Waals surface area contributed by atoms with Crippen LogP contribution >= 0.6 is 0 Å². The lowest BCUT2D eigenvalue weighted by Gasteiger charge is -2.27. The van der Waals surface area contributed by atoms with Crippen LogP contribution in [0.5, 0.6) is 5.75 Å². The van der Waals surface area contributed by atoms with E-state index in [1.54, 1.807) is 25.1 Å². The zero-order valence-electron chi connectivity index (χ0n) is 25.9. The lowest BCUT2D eigenvalue weighted by Crippen LogP contribution is -2.35. The Morgan fingerprint density at radius 2 is 1.87 bits per heavy atom. The number of anilines is 1. The minimum absolute atomic E-state index is 0.0680. The van der Waals surface area contributed by atoms with E-state index in [0.717, 1.165) is 34.2 Å². The van der Waals surface area contributed by atoms with Gasteiger partial charge in [0, 0.05) is 49.8 Å². The fourth-order valence-electron chi connectivity index (χ4n) is 5.40. The van der Waals surface area contributed by atoms with E-state index in [1.165, 1.54) is 26.3 Å². The summed E-state index contributed by atoms with van der Waals surface area (Å²) in [7, 11) is 2.57. The minimum atomic E-state index is -5.11. The second kappa shape index (κ2) is 14.1. The standard InChI is InChI=1S/C32H32F4N4O7/c1-17(5-10-28(41)46-4)23-8-6-19(11-18(23)2)29(38-26-14-24-20(13-25(26)33)15-37-30(24)42)31(43)39(3)16-21-12-22(40(44)45)7-9-27(21)47-32(34,35)36/h6-9,11-14,17,29,38H,5,10,15-16H2,1-4H3,(H,37,42)/t17-,29?/m0/s1. The first kappa shape index (κ1) is 34.7. The second-order valence-electron chi connectivity index (χ2n) is 11.2. The Kier molecular flexibility index (Phi) is 10.4. The number of esters is 1. The highest BCUT2D eigenvalue weighted by Gasteiger charge is 2.34. The van der Waals surface area contributed by atoms with E-state index in [0.29, 0.717) is 17.5 Å². The monoisotopic (exact) mass is 660 g/mol. The fraction of sp³-hybridized carbons (Fsp3) is 0.344. The predicted molar refractivity (Wildman–Crippen MR) is 161 cm³/mol. The maximum Gasteiger partial charge on any atom is 0.573 e. The number of alkyl halides is 3. The Morgan fingerprint density at radius 3 is 2.51 bits per heavy atom. The predicted octanol–water partition coefficient (Wildman–Crippen LogP) is 6.05. The molecule has 1 aliphatic rings. The number of carbonyl (C=O) groups excluding carboxylic acids is 3. The topological polar surface area (TPSA) is 140 Å². The van der Waals surface area contributed by atoms with Gasteiger partial charge in [-0.3, -0.25) is 24.5 Å². The van der Waals surface area contributed by atoms with Crippen molar-refractivity contribution in [1.82, 2.24) is 10.2 Å². The lowest BCUT2D eigenvalue weighted by molar-refractivity contribution is -0.385. The number of methoxy groups -OCH3 is 1. The number of hydrogen-bond donors (Lipinski definition) is 2. The van der Waals surface area contributed by atoms with Crippen LogP contribution in [-0.2, 0) is 27.4 Å². The number of hydrogen-bond acceptors (Lipinski definition) is 8.